The average molecular weight is 898 g/mol. The number of nitrogens with one attached hydrogen (secondary N) is 2. The number of anilines is 3. The van der Waals surface area contributed by atoms with Gasteiger partial charge in [-0.15, -0.1) is 21.5 Å². The number of phenols is 1. The standard InChI is InChI=1S/C49H59N11O4S/c1-29-42(65-28-54-29)32-13-11-30(12-14-32)23-51-46(63)39-9-7-21-59(39)47(64)43(49(2,3)4)55-45(62)33-17-15-31(16-18-33)34-24-52-48(53-25-34)60-35-19-20-36(60)27-58(26-35)40-22-38(56-57-44(40)50)37-8-5-6-10-41(37)61/h5-6,8,10-14,22,24-25,28,31,33,35-36,39,43,61H,7,9,15-21,23,26-27H2,1-4H3,(H2,50,57)(H,51,63)(H,55,62)/t31?,33?,35?,36?,39-,43+/m0/s1. The molecule has 3 aromatic heterocycles. The summed E-state index contributed by atoms with van der Waals surface area (Å²) in [6.45, 7) is 10.2. The highest BCUT2D eigenvalue weighted by atomic mass is 32.1. The smallest absolute Gasteiger partial charge is 0.246 e. The van der Waals surface area contributed by atoms with Gasteiger partial charge in [-0.1, -0.05) is 57.2 Å². The number of fused-ring (bicyclic) bond motifs is 2. The van der Waals surface area contributed by atoms with Crippen LogP contribution in [0.4, 0.5) is 17.5 Å². The van der Waals surface area contributed by atoms with Crippen LogP contribution in [0.15, 0.2) is 72.5 Å². The molecule has 16 heteroatoms. The molecule has 0 radical (unpaired) electrons. The Morgan fingerprint density at radius 3 is 2.26 bits per heavy atom. The predicted molar refractivity (Wildman–Crippen MR) is 252 cm³/mol. The van der Waals surface area contributed by atoms with E-state index < -0.39 is 17.5 Å². The summed E-state index contributed by atoms with van der Waals surface area (Å²) in [5.41, 5.74) is 13.8. The van der Waals surface area contributed by atoms with E-state index in [4.69, 9.17) is 15.7 Å². The Bertz CT molecular complexity index is 2500. The molecule has 1 aliphatic carbocycles. The van der Waals surface area contributed by atoms with Crippen LogP contribution in [0.2, 0.25) is 0 Å². The molecule has 0 spiro atoms. The number of aromatic nitrogens is 5. The fraction of sp³-hybridized carbons (Fsp3) is 0.469. The first-order valence-corrected chi connectivity index (χ1v) is 23.8. The fourth-order valence-electron chi connectivity index (χ4n) is 10.3. The van der Waals surface area contributed by atoms with E-state index in [2.05, 4.69) is 35.6 Å². The monoisotopic (exact) mass is 897 g/mol. The molecule has 5 N–H and O–H groups in total. The van der Waals surface area contributed by atoms with E-state index in [1.54, 1.807) is 28.4 Å². The number of aromatic hydroxyl groups is 1. The van der Waals surface area contributed by atoms with Gasteiger partial charge in [0.25, 0.3) is 0 Å². The van der Waals surface area contributed by atoms with Crippen molar-refractivity contribution in [2.45, 2.75) is 116 Å². The van der Waals surface area contributed by atoms with Gasteiger partial charge in [0.1, 0.15) is 17.8 Å². The Morgan fingerprint density at radius 1 is 0.892 bits per heavy atom. The molecule has 9 rings (SSSR count). The number of piperazine rings is 1. The van der Waals surface area contributed by atoms with E-state index >= 15 is 0 Å². The van der Waals surface area contributed by atoms with Crippen LogP contribution in [0.1, 0.15) is 94.9 Å². The zero-order valence-corrected chi connectivity index (χ0v) is 38.4. The number of nitrogens with zero attached hydrogens (tertiary/aromatic N) is 8. The van der Waals surface area contributed by atoms with Gasteiger partial charge < -0.3 is 36.2 Å². The van der Waals surface area contributed by atoms with Crippen LogP contribution in [0.5, 0.6) is 5.75 Å². The second-order valence-corrected chi connectivity index (χ2v) is 20.1. The van der Waals surface area contributed by atoms with Crippen molar-refractivity contribution in [3.8, 4) is 27.4 Å². The highest BCUT2D eigenvalue weighted by molar-refractivity contribution is 7.13. The Morgan fingerprint density at radius 2 is 1.60 bits per heavy atom. The van der Waals surface area contributed by atoms with Gasteiger partial charge in [0, 0.05) is 62.1 Å². The quantitative estimate of drug-likeness (QED) is 0.111. The average Bonchev–Trinajstić information content (AvgIpc) is 4.05. The molecule has 4 aliphatic rings. The highest BCUT2D eigenvalue weighted by Crippen LogP contribution is 2.40. The first-order chi connectivity index (χ1) is 31.3. The number of carbonyl (C=O) groups excluding carboxylic acids is 3. The van der Waals surface area contributed by atoms with Crippen molar-refractivity contribution in [3.05, 3.63) is 89.3 Å². The number of hydrogen-bond acceptors (Lipinski definition) is 13. The summed E-state index contributed by atoms with van der Waals surface area (Å²) in [6.07, 6.45) is 10.3. The maximum absolute atomic E-state index is 14.3. The third-order valence-electron chi connectivity index (χ3n) is 13.9. The number of amides is 3. The van der Waals surface area contributed by atoms with Crippen molar-refractivity contribution in [2.75, 3.05) is 35.2 Å². The third kappa shape index (κ3) is 9.22. The first kappa shape index (κ1) is 44.1. The lowest BCUT2D eigenvalue weighted by Crippen LogP contribution is -2.58. The number of para-hydroxylation sites is 1. The van der Waals surface area contributed by atoms with Crippen molar-refractivity contribution in [1.82, 2.24) is 40.7 Å². The van der Waals surface area contributed by atoms with Crippen LogP contribution < -0.4 is 26.2 Å². The lowest BCUT2D eigenvalue weighted by molar-refractivity contribution is -0.144. The number of nitrogens with two attached hydrogens (primary N) is 1. The summed E-state index contributed by atoms with van der Waals surface area (Å²) in [5.74, 6) is 0.792. The van der Waals surface area contributed by atoms with Gasteiger partial charge in [0.15, 0.2) is 5.82 Å². The Balaban J connectivity index is 0.773. The second kappa shape index (κ2) is 18.4. The zero-order valence-electron chi connectivity index (χ0n) is 37.6. The number of likely N-dealkylation sites (tertiary alicyclic amines) is 1. The maximum atomic E-state index is 14.3. The molecule has 340 valence electrons. The minimum Gasteiger partial charge on any atom is -0.507 e. The first-order valence-electron chi connectivity index (χ1n) is 23.0. The van der Waals surface area contributed by atoms with Gasteiger partial charge in [-0.05, 0) is 105 Å². The number of thiazole rings is 1. The Hall–Kier alpha value is -6.16. The molecular weight excluding hydrogens is 839 g/mol. The Labute approximate surface area is 384 Å². The molecule has 3 saturated heterocycles. The lowest BCUT2D eigenvalue weighted by atomic mass is 9.78. The van der Waals surface area contributed by atoms with E-state index in [1.807, 2.05) is 88.1 Å². The number of aryl methyl sites for hydroxylation is 1. The molecular formula is C49H59N11O4S. The number of phenolic OH excluding ortho intramolecular Hbond substituents is 1. The number of hydrogen-bond donors (Lipinski definition) is 4. The highest BCUT2D eigenvalue weighted by Gasteiger charge is 2.44. The zero-order chi connectivity index (χ0) is 45.4. The van der Waals surface area contributed by atoms with Gasteiger partial charge in [-0.25, -0.2) is 15.0 Å². The Kier molecular flexibility index (Phi) is 12.5. The molecule has 6 heterocycles. The molecule has 3 amide bonds. The summed E-state index contributed by atoms with van der Waals surface area (Å²) in [4.78, 5) is 63.3. The van der Waals surface area contributed by atoms with Gasteiger partial charge in [0.2, 0.25) is 23.7 Å². The summed E-state index contributed by atoms with van der Waals surface area (Å²) < 4.78 is 0. The lowest BCUT2D eigenvalue weighted by Gasteiger charge is -2.42. The van der Waals surface area contributed by atoms with Crippen LogP contribution >= 0.6 is 11.3 Å². The SMILES string of the molecule is Cc1ncsc1-c1ccc(CNC(=O)[C@@H]2CCCN2C(=O)[C@@H](NC(=O)C2CCC(c3cnc(N4C5CCC4CN(c4cc(-c6ccccc6O)nnc4N)C5)nc3)CC2)C(C)(C)C)cc1. The summed E-state index contributed by atoms with van der Waals surface area (Å²) in [5, 5.41) is 25.2. The van der Waals surface area contributed by atoms with E-state index in [0.717, 1.165) is 84.1 Å². The largest absolute Gasteiger partial charge is 0.507 e. The second-order valence-electron chi connectivity index (χ2n) is 19.3. The molecule has 4 fully saturated rings. The third-order valence-corrected chi connectivity index (χ3v) is 14.9. The summed E-state index contributed by atoms with van der Waals surface area (Å²) in [6, 6.07) is 16.2. The summed E-state index contributed by atoms with van der Waals surface area (Å²) >= 11 is 1.61. The molecule has 2 aromatic carbocycles. The number of rotatable bonds is 11. The topological polar surface area (TPSA) is 196 Å². The molecule has 5 aromatic rings. The number of carbonyl (C=O) groups is 3. The van der Waals surface area contributed by atoms with E-state index in [1.165, 1.54) is 0 Å². The molecule has 65 heavy (non-hydrogen) atoms. The molecule has 1 saturated carbocycles. The van der Waals surface area contributed by atoms with E-state index in [-0.39, 0.29) is 47.4 Å². The molecule has 3 aliphatic heterocycles. The van der Waals surface area contributed by atoms with E-state index in [9.17, 15) is 19.5 Å². The maximum Gasteiger partial charge on any atom is 0.246 e. The van der Waals surface area contributed by atoms with Crippen LogP contribution in [0, 0.1) is 18.3 Å². The fourth-order valence-corrected chi connectivity index (χ4v) is 11.1. The van der Waals surface area contributed by atoms with Crippen molar-refractivity contribution in [3.63, 3.8) is 0 Å². The van der Waals surface area contributed by atoms with E-state index in [0.29, 0.717) is 49.4 Å². The molecule has 15 nitrogen and oxygen atoms in total. The normalized spacial score (nSPS) is 22.5. The van der Waals surface area contributed by atoms with Crippen LogP contribution in [-0.2, 0) is 20.9 Å². The van der Waals surface area contributed by atoms with Crippen molar-refractivity contribution < 1.29 is 19.5 Å². The van der Waals surface area contributed by atoms with Gasteiger partial charge in [-0.2, -0.15) is 0 Å². The van der Waals surface area contributed by atoms with Crippen LogP contribution in [0.3, 0.4) is 0 Å². The summed E-state index contributed by atoms with van der Waals surface area (Å²) in [7, 11) is 0. The van der Waals surface area contributed by atoms with Gasteiger partial charge >= 0.3 is 0 Å². The number of benzene rings is 2. The number of nitrogen functional groups attached to an aromatic ring is 1. The minimum atomic E-state index is -0.762. The van der Waals surface area contributed by atoms with Crippen molar-refractivity contribution in [1.29, 1.82) is 0 Å². The molecule has 2 bridgehead atoms. The predicted octanol–water partition coefficient (Wildman–Crippen LogP) is 6.62. The van der Waals surface area contributed by atoms with Crippen LogP contribution in [-0.4, -0.2) is 96.7 Å². The van der Waals surface area contributed by atoms with Gasteiger partial charge in [-0.3, -0.25) is 14.4 Å². The minimum absolute atomic E-state index is 0.103. The van der Waals surface area contributed by atoms with Crippen molar-refractivity contribution in [2.24, 2.45) is 11.3 Å². The van der Waals surface area contributed by atoms with Crippen LogP contribution in [0.25, 0.3) is 21.7 Å². The molecule has 4 atom stereocenters. The van der Waals surface area contributed by atoms with Crippen molar-refractivity contribution >= 4 is 46.5 Å². The molecule has 2 unspecified atom stereocenters. The van der Waals surface area contributed by atoms with Gasteiger partial charge in [0.05, 0.1) is 27.5 Å².